The molecule has 2 aliphatic rings. The molecule has 33 heavy (non-hydrogen) atoms. The SMILES string of the molecule is c1ccc(C2=NN(c3ccccc3)C(N3CCOCC3)C2Cn2nnc3ccccc32)cc1. The van der Waals surface area contributed by atoms with Gasteiger partial charge in [-0.1, -0.05) is 65.9 Å². The molecule has 0 radical (unpaired) electrons. The predicted octanol–water partition coefficient (Wildman–Crippen LogP) is 3.63. The van der Waals surface area contributed by atoms with Crippen LogP contribution in [0.2, 0.25) is 0 Å². The van der Waals surface area contributed by atoms with Crippen LogP contribution in [-0.2, 0) is 11.3 Å². The highest BCUT2D eigenvalue weighted by Crippen LogP contribution is 2.34. The largest absolute Gasteiger partial charge is 0.379 e. The number of morpholine rings is 1. The summed E-state index contributed by atoms with van der Waals surface area (Å²) in [6.45, 7) is 3.91. The van der Waals surface area contributed by atoms with E-state index in [1.807, 2.05) is 35.0 Å². The number of fused-ring (bicyclic) bond motifs is 1. The predicted molar refractivity (Wildman–Crippen MR) is 129 cm³/mol. The second-order valence-corrected chi connectivity index (χ2v) is 8.46. The molecule has 0 spiro atoms. The highest BCUT2D eigenvalue weighted by Gasteiger charge is 2.43. The molecule has 0 aliphatic carbocycles. The average molecular weight is 439 g/mol. The van der Waals surface area contributed by atoms with Crippen molar-refractivity contribution < 1.29 is 4.74 Å². The maximum Gasteiger partial charge on any atom is 0.115 e. The Morgan fingerprint density at radius 2 is 1.52 bits per heavy atom. The third kappa shape index (κ3) is 3.79. The molecule has 1 aromatic heterocycles. The van der Waals surface area contributed by atoms with E-state index in [0.29, 0.717) is 6.54 Å². The van der Waals surface area contributed by atoms with Crippen LogP contribution in [0.4, 0.5) is 5.69 Å². The zero-order valence-corrected chi connectivity index (χ0v) is 18.4. The van der Waals surface area contributed by atoms with Crippen LogP contribution < -0.4 is 5.01 Å². The van der Waals surface area contributed by atoms with Crippen molar-refractivity contribution in [3.8, 4) is 0 Å². The number of rotatable bonds is 5. The molecule has 0 bridgehead atoms. The summed E-state index contributed by atoms with van der Waals surface area (Å²) < 4.78 is 7.71. The third-order valence-corrected chi connectivity index (χ3v) is 6.48. The van der Waals surface area contributed by atoms with Crippen molar-refractivity contribution in [3.05, 3.63) is 90.5 Å². The van der Waals surface area contributed by atoms with E-state index in [1.165, 1.54) is 0 Å². The lowest BCUT2D eigenvalue weighted by Crippen LogP contribution is -2.53. The number of hydrazone groups is 1. The molecule has 166 valence electrons. The fourth-order valence-electron chi connectivity index (χ4n) is 4.90. The normalized spacial score (nSPS) is 21.5. The minimum atomic E-state index is 0.0643. The van der Waals surface area contributed by atoms with Crippen LogP contribution in [-0.4, -0.2) is 58.1 Å². The van der Waals surface area contributed by atoms with Gasteiger partial charge in [0.15, 0.2) is 0 Å². The smallest absolute Gasteiger partial charge is 0.115 e. The molecular formula is C26H26N6O. The fourth-order valence-corrected chi connectivity index (χ4v) is 4.90. The highest BCUT2D eigenvalue weighted by molar-refractivity contribution is 6.05. The molecule has 7 nitrogen and oxygen atoms in total. The summed E-state index contributed by atoms with van der Waals surface area (Å²) in [5.74, 6) is 0.107. The first-order valence-corrected chi connectivity index (χ1v) is 11.5. The van der Waals surface area contributed by atoms with Crippen LogP contribution >= 0.6 is 0 Å². The van der Waals surface area contributed by atoms with Crippen molar-refractivity contribution in [1.29, 1.82) is 0 Å². The molecule has 7 heteroatoms. The van der Waals surface area contributed by atoms with E-state index in [-0.39, 0.29) is 12.1 Å². The van der Waals surface area contributed by atoms with Gasteiger partial charge in [-0.25, -0.2) is 9.69 Å². The third-order valence-electron chi connectivity index (χ3n) is 6.48. The molecule has 2 atom stereocenters. The molecule has 4 aromatic rings. The second kappa shape index (κ2) is 8.77. The van der Waals surface area contributed by atoms with Crippen LogP contribution in [0.25, 0.3) is 11.0 Å². The Bertz CT molecular complexity index is 1250. The second-order valence-electron chi connectivity index (χ2n) is 8.46. The number of anilines is 1. The summed E-state index contributed by atoms with van der Waals surface area (Å²) in [7, 11) is 0. The van der Waals surface area contributed by atoms with E-state index in [1.54, 1.807) is 0 Å². The summed E-state index contributed by atoms with van der Waals surface area (Å²) in [5, 5.41) is 16.3. The molecule has 6 rings (SSSR count). The Morgan fingerprint density at radius 1 is 0.818 bits per heavy atom. The van der Waals surface area contributed by atoms with Gasteiger partial charge in [0.05, 0.1) is 42.6 Å². The Labute approximate surface area is 192 Å². The first-order valence-electron chi connectivity index (χ1n) is 11.5. The minimum absolute atomic E-state index is 0.0643. The Kier molecular flexibility index (Phi) is 5.34. The van der Waals surface area contributed by atoms with E-state index in [0.717, 1.165) is 54.3 Å². The van der Waals surface area contributed by atoms with Crippen LogP contribution in [0.3, 0.4) is 0 Å². The van der Waals surface area contributed by atoms with E-state index in [9.17, 15) is 0 Å². The maximum absolute atomic E-state index is 5.69. The summed E-state index contributed by atoms with van der Waals surface area (Å²) in [6, 6.07) is 29.1. The molecule has 1 fully saturated rings. The number of aromatic nitrogens is 3. The van der Waals surface area contributed by atoms with Gasteiger partial charge in [0.2, 0.25) is 0 Å². The van der Waals surface area contributed by atoms with Crippen molar-refractivity contribution in [1.82, 2.24) is 19.9 Å². The van der Waals surface area contributed by atoms with Gasteiger partial charge in [0.25, 0.3) is 0 Å². The van der Waals surface area contributed by atoms with Gasteiger partial charge in [0.1, 0.15) is 11.7 Å². The summed E-state index contributed by atoms with van der Waals surface area (Å²) >= 11 is 0. The summed E-state index contributed by atoms with van der Waals surface area (Å²) in [6.07, 6.45) is 0.0643. The van der Waals surface area contributed by atoms with Crippen molar-refractivity contribution in [2.24, 2.45) is 11.0 Å². The van der Waals surface area contributed by atoms with Gasteiger partial charge < -0.3 is 4.74 Å². The van der Waals surface area contributed by atoms with Crippen LogP contribution in [0.5, 0.6) is 0 Å². The van der Waals surface area contributed by atoms with E-state index in [2.05, 4.69) is 74.8 Å². The monoisotopic (exact) mass is 438 g/mol. The van der Waals surface area contributed by atoms with Gasteiger partial charge in [-0.15, -0.1) is 5.10 Å². The molecule has 2 aliphatic heterocycles. The van der Waals surface area contributed by atoms with Gasteiger partial charge >= 0.3 is 0 Å². The van der Waals surface area contributed by atoms with Gasteiger partial charge in [-0.3, -0.25) is 4.90 Å². The lowest BCUT2D eigenvalue weighted by atomic mass is 9.93. The Hall–Kier alpha value is -3.55. The number of para-hydroxylation sites is 2. The standard InChI is InChI=1S/C26H26N6O/c1-3-9-20(10-4-1)25-22(19-31-24-14-8-7-13-23(24)27-29-31)26(30-15-17-33-18-16-30)32(28-25)21-11-5-2-6-12-21/h1-14,22,26H,15-19H2. The number of benzene rings is 3. The number of ether oxygens (including phenoxy) is 1. The van der Waals surface area contributed by atoms with Gasteiger partial charge in [-0.2, -0.15) is 5.10 Å². The average Bonchev–Trinajstić information content (AvgIpc) is 3.48. The van der Waals surface area contributed by atoms with Crippen molar-refractivity contribution >= 4 is 22.4 Å². The summed E-state index contributed by atoms with van der Waals surface area (Å²) in [4.78, 5) is 2.50. The lowest BCUT2D eigenvalue weighted by Gasteiger charge is -2.39. The molecule has 2 unspecified atom stereocenters. The first kappa shape index (κ1) is 20.1. The fraction of sp³-hybridized carbons (Fsp3) is 0.269. The lowest BCUT2D eigenvalue weighted by molar-refractivity contribution is 0.00944. The molecule has 3 heterocycles. The van der Waals surface area contributed by atoms with Crippen LogP contribution in [0, 0.1) is 5.92 Å². The molecule has 0 amide bonds. The zero-order valence-electron chi connectivity index (χ0n) is 18.4. The first-order chi connectivity index (χ1) is 16.4. The Balaban J connectivity index is 1.46. The molecule has 0 saturated carbocycles. The van der Waals surface area contributed by atoms with Crippen molar-refractivity contribution in [2.75, 3.05) is 31.3 Å². The van der Waals surface area contributed by atoms with E-state index < -0.39 is 0 Å². The molecule has 1 saturated heterocycles. The van der Waals surface area contributed by atoms with Gasteiger partial charge in [0, 0.05) is 13.1 Å². The molecule has 0 N–H and O–H groups in total. The summed E-state index contributed by atoms with van der Waals surface area (Å²) in [5.41, 5.74) is 5.27. The maximum atomic E-state index is 5.69. The Morgan fingerprint density at radius 3 is 2.30 bits per heavy atom. The molecule has 3 aromatic carbocycles. The zero-order chi connectivity index (χ0) is 22.0. The number of hydrogen-bond acceptors (Lipinski definition) is 6. The quantitative estimate of drug-likeness (QED) is 0.476. The van der Waals surface area contributed by atoms with Crippen LogP contribution in [0.15, 0.2) is 90.0 Å². The van der Waals surface area contributed by atoms with Crippen molar-refractivity contribution in [2.45, 2.75) is 12.7 Å². The highest BCUT2D eigenvalue weighted by atomic mass is 16.5. The molecular weight excluding hydrogens is 412 g/mol. The van der Waals surface area contributed by atoms with Gasteiger partial charge in [-0.05, 0) is 29.8 Å². The topological polar surface area (TPSA) is 58.8 Å². The van der Waals surface area contributed by atoms with Crippen LogP contribution in [0.1, 0.15) is 5.56 Å². The minimum Gasteiger partial charge on any atom is -0.379 e. The number of nitrogens with zero attached hydrogens (tertiary/aromatic N) is 6. The van der Waals surface area contributed by atoms with E-state index >= 15 is 0 Å². The van der Waals surface area contributed by atoms with Crippen molar-refractivity contribution in [3.63, 3.8) is 0 Å². The van der Waals surface area contributed by atoms with E-state index in [4.69, 9.17) is 9.84 Å². The number of hydrogen-bond donors (Lipinski definition) is 0.